The Morgan fingerprint density at radius 2 is 1.95 bits per heavy atom. The van der Waals surface area contributed by atoms with Crippen LogP contribution in [0.3, 0.4) is 0 Å². The maximum Gasteiger partial charge on any atom is 0.411 e. The molecule has 1 atom stereocenters. The van der Waals surface area contributed by atoms with Crippen LogP contribution in [0.4, 0.5) is 10.5 Å². The zero-order valence-electron chi connectivity index (χ0n) is 23.3. The topological polar surface area (TPSA) is 192 Å². The SMILES string of the molecule is COCCOC(=O)Nc1ccc(-c2n[nH]c([C@@H]3CCc4cc(-c5cc(Cl)ccc5-n5cnnn5)cc(=O)n43)n2)cc1.O=CO. The van der Waals surface area contributed by atoms with Crippen molar-refractivity contribution < 1.29 is 24.2 Å². The maximum atomic E-state index is 13.4. The number of carbonyl (C=O) groups is 2. The smallest absolute Gasteiger partial charge is 0.411 e. The Morgan fingerprint density at radius 3 is 2.68 bits per heavy atom. The summed E-state index contributed by atoms with van der Waals surface area (Å²) in [6, 6.07) is 15.7. The molecule has 5 aromatic rings. The summed E-state index contributed by atoms with van der Waals surface area (Å²) in [6.45, 7) is 0.237. The lowest BCUT2D eigenvalue weighted by molar-refractivity contribution is -0.122. The number of H-pyrrole nitrogens is 1. The molecule has 0 fully saturated rings. The number of aryl methyl sites for hydroxylation is 1. The van der Waals surface area contributed by atoms with Gasteiger partial charge in [-0.1, -0.05) is 11.6 Å². The number of fused-ring (bicyclic) bond motifs is 1. The number of nitrogens with one attached hydrogen (secondary N) is 2. The van der Waals surface area contributed by atoms with Crippen molar-refractivity contribution in [1.82, 2.24) is 40.0 Å². The average molecular weight is 620 g/mol. The summed E-state index contributed by atoms with van der Waals surface area (Å²) in [5.41, 5.74) is 4.23. The molecule has 2 aromatic carbocycles. The fourth-order valence-corrected chi connectivity index (χ4v) is 5.02. The number of tetrazole rings is 1. The van der Waals surface area contributed by atoms with E-state index in [4.69, 9.17) is 31.0 Å². The standard InChI is InChI=1S/C27H24ClN9O4.CH2O2/c1-40-10-11-41-27(39)30-19-5-2-16(3-6-19)25-31-26(33-32-25)23-9-7-20-12-17(13-24(38)37(20)23)21-14-18(28)4-8-22(21)36-15-29-34-35-36;2-1-3/h2-6,8,12-15,23H,7,9-11H2,1H3,(H,30,39)(H,31,32,33);1H,(H,2,3)/t23-;/m0./s1. The summed E-state index contributed by atoms with van der Waals surface area (Å²) in [5, 5.41) is 28.9. The van der Waals surface area contributed by atoms with Crippen LogP contribution in [0, 0.1) is 0 Å². The molecule has 4 heterocycles. The van der Waals surface area contributed by atoms with Crippen molar-refractivity contribution in [3.63, 3.8) is 0 Å². The molecule has 3 aromatic heterocycles. The normalized spacial score (nSPS) is 13.5. The second-order valence-corrected chi connectivity index (χ2v) is 9.83. The number of nitrogens with zero attached hydrogens (tertiary/aromatic N) is 7. The summed E-state index contributed by atoms with van der Waals surface area (Å²) >= 11 is 6.30. The third kappa shape index (κ3) is 6.63. The Hall–Kier alpha value is -5.41. The molecule has 0 spiro atoms. The Bertz CT molecular complexity index is 1810. The number of hydrogen-bond acceptors (Lipinski definition) is 10. The predicted octanol–water partition coefficient (Wildman–Crippen LogP) is 3.36. The number of rotatable bonds is 8. The number of amides is 1. The van der Waals surface area contributed by atoms with E-state index in [1.807, 2.05) is 12.1 Å². The van der Waals surface area contributed by atoms with Crippen molar-refractivity contribution in [2.45, 2.75) is 18.9 Å². The van der Waals surface area contributed by atoms with Crippen LogP contribution >= 0.6 is 11.6 Å². The van der Waals surface area contributed by atoms with Gasteiger partial charge in [0, 0.05) is 40.7 Å². The number of halogens is 1. The first-order valence-corrected chi connectivity index (χ1v) is 13.6. The number of pyridine rings is 1. The second kappa shape index (κ2) is 13.7. The molecule has 1 amide bonds. The molecule has 0 bridgehead atoms. The first-order chi connectivity index (χ1) is 21.4. The van der Waals surface area contributed by atoms with E-state index in [9.17, 15) is 9.59 Å². The lowest BCUT2D eigenvalue weighted by atomic mass is 10.0. The van der Waals surface area contributed by atoms with Crippen molar-refractivity contribution in [3.8, 4) is 28.2 Å². The van der Waals surface area contributed by atoms with Gasteiger partial charge in [-0.15, -0.1) is 5.10 Å². The molecule has 0 aliphatic carbocycles. The molecule has 16 heteroatoms. The summed E-state index contributed by atoms with van der Waals surface area (Å²) < 4.78 is 13.2. The van der Waals surface area contributed by atoms with E-state index < -0.39 is 6.09 Å². The minimum absolute atomic E-state index is 0.159. The second-order valence-electron chi connectivity index (χ2n) is 9.39. The molecule has 0 radical (unpaired) electrons. The average Bonchev–Trinajstić information content (AvgIpc) is 3.80. The Morgan fingerprint density at radius 1 is 1.16 bits per heavy atom. The van der Waals surface area contributed by atoms with Crippen LogP contribution in [0.5, 0.6) is 0 Å². The zero-order chi connectivity index (χ0) is 31.1. The highest BCUT2D eigenvalue weighted by Crippen LogP contribution is 2.34. The molecule has 6 rings (SSSR count). The fraction of sp³-hybridized carbons (Fsp3) is 0.214. The third-order valence-corrected chi connectivity index (χ3v) is 6.96. The van der Waals surface area contributed by atoms with E-state index in [0.717, 1.165) is 22.4 Å². The van der Waals surface area contributed by atoms with Gasteiger partial charge in [-0.25, -0.2) is 9.78 Å². The highest BCUT2D eigenvalue weighted by atomic mass is 35.5. The number of benzene rings is 2. The van der Waals surface area contributed by atoms with E-state index >= 15 is 0 Å². The van der Waals surface area contributed by atoms with E-state index in [2.05, 4.69) is 36.0 Å². The van der Waals surface area contributed by atoms with Gasteiger partial charge in [-0.2, -0.15) is 9.78 Å². The number of carbonyl (C=O) groups excluding carboxylic acids is 1. The molecular weight excluding hydrogens is 594 g/mol. The van der Waals surface area contributed by atoms with Crippen molar-refractivity contribution in [2.75, 3.05) is 25.6 Å². The van der Waals surface area contributed by atoms with Crippen LogP contribution < -0.4 is 10.9 Å². The van der Waals surface area contributed by atoms with Crippen LogP contribution in [0.1, 0.15) is 24.0 Å². The quantitative estimate of drug-likeness (QED) is 0.170. The van der Waals surface area contributed by atoms with E-state index in [-0.39, 0.29) is 24.7 Å². The Labute approximate surface area is 254 Å². The van der Waals surface area contributed by atoms with Crippen LogP contribution in [-0.2, 0) is 20.7 Å². The Balaban J connectivity index is 0.00000123. The predicted molar refractivity (Wildman–Crippen MR) is 158 cm³/mol. The number of methoxy groups -OCH3 is 1. The number of aromatic amines is 1. The molecule has 1 aliphatic heterocycles. The highest BCUT2D eigenvalue weighted by molar-refractivity contribution is 6.31. The van der Waals surface area contributed by atoms with E-state index in [1.54, 1.807) is 47.0 Å². The van der Waals surface area contributed by atoms with Gasteiger partial charge in [0.25, 0.3) is 12.0 Å². The molecule has 44 heavy (non-hydrogen) atoms. The lowest BCUT2D eigenvalue weighted by Gasteiger charge is -2.14. The van der Waals surface area contributed by atoms with Crippen molar-refractivity contribution in [1.29, 1.82) is 0 Å². The summed E-state index contributed by atoms with van der Waals surface area (Å²) in [7, 11) is 1.53. The van der Waals surface area contributed by atoms with Crippen LogP contribution in [0.25, 0.3) is 28.2 Å². The van der Waals surface area contributed by atoms with E-state index in [0.29, 0.717) is 47.5 Å². The lowest BCUT2D eigenvalue weighted by Crippen LogP contribution is -2.24. The number of hydrogen-bond donors (Lipinski definition) is 3. The molecule has 1 aliphatic rings. The number of aromatic nitrogens is 8. The van der Waals surface area contributed by atoms with Crippen LogP contribution in [-0.4, -0.2) is 78.0 Å². The molecule has 226 valence electrons. The number of carboxylic acid groups (broad SMARTS) is 1. The first-order valence-electron chi connectivity index (χ1n) is 13.2. The minimum Gasteiger partial charge on any atom is -0.483 e. The largest absolute Gasteiger partial charge is 0.483 e. The minimum atomic E-state index is -0.564. The molecule has 3 N–H and O–H groups in total. The van der Waals surface area contributed by atoms with Gasteiger partial charge in [0.2, 0.25) is 0 Å². The maximum absolute atomic E-state index is 13.4. The van der Waals surface area contributed by atoms with Gasteiger partial charge in [0.05, 0.1) is 18.3 Å². The van der Waals surface area contributed by atoms with E-state index in [1.165, 1.54) is 18.1 Å². The van der Waals surface area contributed by atoms with Gasteiger partial charge in [-0.3, -0.25) is 20.0 Å². The molecular formula is C28H26ClN9O6. The van der Waals surface area contributed by atoms with Crippen molar-refractivity contribution in [2.24, 2.45) is 0 Å². The first kappa shape index (κ1) is 30.1. The molecule has 15 nitrogen and oxygen atoms in total. The number of ether oxygens (including phenoxy) is 2. The summed E-state index contributed by atoms with van der Waals surface area (Å²) in [4.78, 5) is 38.3. The van der Waals surface area contributed by atoms with Crippen LogP contribution in [0.15, 0.2) is 65.7 Å². The third-order valence-electron chi connectivity index (χ3n) is 6.73. The molecule has 0 saturated carbocycles. The Kier molecular flexibility index (Phi) is 9.37. The van der Waals surface area contributed by atoms with Gasteiger partial charge in [-0.05, 0) is 77.4 Å². The van der Waals surface area contributed by atoms with Crippen molar-refractivity contribution in [3.05, 3.63) is 87.8 Å². The fourth-order valence-electron chi connectivity index (χ4n) is 4.85. The number of anilines is 1. The van der Waals surface area contributed by atoms with Gasteiger partial charge < -0.3 is 19.1 Å². The van der Waals surface area contributed by atoms with Crippen molar-refractivity contribution >= 4 is 29.9 Å². The monoisotopic (exact) mass is 619 g/mol. The highest BCUT2D eigenvalue weighted by Gasteiger charge is 2.28. The van der Waals surface area contributed by atoms with Gasteiger partial charge in [0.15, 0.2) is 5.82 Å². The van der Waals surface area contributed by atoms with Gasteiger partial charge >= 0.3 is 6.09 Å². The molecule has 0 unspecified atom stereocenters. The van der Waals surface area contributed by atoms with Crippen LogP contribution in [0.2, 0.25) is 5.02 Å². The van der Waals surface area contributed by atoms with Gasteiger partial charge in [0.1, 0.15) is 18.8 Å². The summed E-state index contributed by atoms with van der Waals surface area (Å²) in [6.07, 6.45) is 2.31. The summed E-state index contributed by atoms with van der Waals surface area (Å²) in [5.74, 6) is 1.08. The zero-order valence-corrected chi connectivity index (χ0v) is 24.0. The molecule has 0 saturated heterocycles.